The molecule has 2 aromatic carbocycles. The SMILES string of the molecule is CC(=O)Nc1cccc(S(=O)(=O)c2cccc3c(=O)n(O)c(=O)[nH]c23)c1. The van der Waals surface area contributed by atoms with E-state index in [1.807, 2.05) is 0 Å². The standard InChI is InChI=1S/C16H13N3O6S/c1-9(20)17-10-4-2-5-11(8-10)26(24,25)13-7-3-6-12-14(13)18-16(22)19(23)15(12)21/h2-8,23H,1H3,(H,17,20)(H,18,22). The second-order valence-corrected chi connectivity index (χ2v) is 7.36. The topological polar surface area (TPSA) is 138 Å². The minimum absolute atomic E-state index is 0.129. The molecule has 26 heavy (non-hydrogen) atoms. The number of benzene rings is 2. The average molecular weight is 375 g/mol. The fourth-order valence-electron chi connectivity index (χ4n) is 2.50. The van der Waals surface area contributed by atoms with Gasteiger partial charge in [0.2, 0.25) is 15.7 Å². The first kappa shape index (κ1) is 17.4. The van der Waals surface area contributed by atoms with Crippen molar-refractivity contribution in [3.63, 3.8) is 0 Å². The second-order valence-electron chi connectivity index (χ2n) is 5.44. The highest BCUT2D eigenvalue weighted by Gasteiger charge is 2.23. The van der Waals surface area contributed by atoms with Gasteiger partial charge in [0.25, 0.3) is 5.56 Å². The number of carbonyl (C=O) groups excluding carboxylic acids is 1. The summed E-state index contributed by atoms with van der Waals surface area (Å²) < 4.78 is 25.8. The number of nitrogens with one attached hydrogen (secondary N) is 2. The molecule has 0 aliphatic carbocycles. The Morgan fingerprint density at radius 3 is 2.54 bits per heavy atom. The van der Waals surface area contributed by atoms with Crippen molar-refractivity contribution in [1.82, 2.24) is 9.71 Å². The molecule has 1 amide bonds. The Labute approximate surface area is 146 Å². The van der Waals surface area contributed by atoms with E-state index in [2.05, 4.69) is 10.3 Å². The first-order valence-electron chi connectivity index (χ1n) is 7.32. The van der Waals surface area contributed by atoms with Crippen molar-refractivity contribution >= 4 is 32.3 Å². The van der Waals surface area contributed by atoms with Gasteiger partial charge in [-0.1, -0.05) is 16.9 Å². The number of sulfone groups is 1. The number of amides is 1. The number of hydrogen-bond acceptors (Lipinski definition) is 6. The van der Waals surface area contributed by atoms with Gasteiger partial charge in [0.15, 0.2) is 0 Å². The molecule has 0 spiro atoms. The van der Waals surface area contributed by atoms with E-state index in [0.29, 0.717) is 0 Å². The van der Waals surface area contributed by atoms with Gasteiger partial charge >= 0.3 is 5.69 Å². The average Bonchev–Trinajstić information content (AvgIpc) is 2.59. The fourth-order valence-corrected chi connectivity index (χ4v) is 3.98. The number of fused-ring (bicyclic) bond motifs is 1. The van der Waals surface area contributed by atoms with Crippen LogP contribution in [0.1, 0.15) is 6.92 Å². The van der Waals surface area contributed by atoms with Crippen molar-refractivity contribution in [2.24, 2.45) is 0 Å². The van der Waals surface area contributed by atoms with Gasteiger partial charge in [-0.2, -0.15) is 0 Å². The molecule has 10 heteroatoms. The van der Waals surface area contributed by atoms with Crippen LogP contribution in [0.15, 0.2) is 61.8 Å². The number of H-pyrrole nitrogens is 1. The van der Waals surface area contributed by atoms with Gasteiger partial charge in [-0.15, -0.1) is 0 Å². The summed E-state index contributed by atoms with van der Waals surface area (Å²) in [6, 6.07) is 9.41. The molecular formula is C16H13N3O6S. The zero-order valence-corrected chi connectivity index (χ0v) is 14.2. The molecule has 3 rings (SSSR count). The van der Waals surface area contributed by atoms with E-state index >= 15 is 0 Å². The molecule has 9 nitrogen and oxygen atoms in total. The van der Waals surface area contributed by atoms with Crippen LogP contribution >= 0.6 is 0 Å². The summed E-state index contributed by atoms with van der Waals surface area (Å²) in [7, 11) is -4.12. The van der Waals surface area contributed by atoms with Crippen molar-refractivity contribution in [3.05, 3.63) is 63.3 Å². The predicted molar refractivity (Wildman–Crippen MR) is 92.2 cm³/mol. The minimum atomic E-state index is -4.12. The van der Waals surface area contributed by atoms with Crippen LogP contribution < -0.4 is 16.6 Å². The second kappa shape index (κ2) is 6.15. The molecular weight excluding hydrogens is 362 g/mol. The Morgan fingerprint density at radius 2 is 1.85 bits per heavy atom. The molecule has 0 aliphatic rings. The maximum Gasteiger partial charge on any atom is 0.362 e. The van der Waals surface area contributed by atoms with Crippen LogP contribution in [0.2, 0.25) is 0 Å². The van der Waals surface area contributed by atoms with Crippen LogP contribution in [0.5, 0.6) is 0 Å². The van der Waals surface area contributed by atoms with Crippen LogP contribution in [0.25, 0.3) is 10.9 Å². The summed E-state index contributed by atoms with van der Waals surface area (Å²) in [5, 5.41) is 11.7. The van der Waals surface area contributed by atoms with Crippen LogP contribution in [-0.2, 0) is 14.6 Å². The van der Waals surface area contributed by atoms with E-state index < -0.39 is 21.1 Å². The molecule has 0 unspecified atom stereocenters. The quantitative estimate of drug-likeness (QED) is 0.577. The first-order chi connectivity index (χ1) is 12.2. The monoisotopic (exact) mass is 375 g/mol. The Bertz CT molecular complexity index is 1260. The lowest BCUT2D eigenvalue weighted by atomic mass is 10.2. The molecule has 0 saturated carbocycles. The molecule has 1 heterocycles. The lowest BCUT2D eigenvalue weighted by molar-refractivity contribution is -0.114. The predicted octanol–water partition coefficient (Wildman–Crippen LogP) is 0.718. The third kappa shape index (κ3) is 2.86. The summed E-state index contributed by atoms with van der Waals surface area (Å²) in [5.74, 6) is -0.363. The molecule has 134 valence electrons. The van der Waals surface area contributed by atoms with Gasteiger partial charge in [0, 0.05) is 12.6 Å². The van der Waals surface area contributed by atoms with Crippen molar-refractivity contribution in [2.45, 2.75) is 16.7 Å². The third-order valence-corrected chi connectivity index (χ3v) is 5.42. The fraction of sp³-hybridized carbons (Fsp3) is 0.0625. The molecule has 0 bridgehead atoms. The number of hydrogen-bond donors (Lipinski definition) is 3. The highest BCUT2D eigenvalue weighted by molar-refractivity contribution is 7.91. The largest absolute Gasteiger partial charge is 0.421 e. The molecule has 0 atom stereocenters. The lowest BCUT2D eigenvalue weighted by Gasteiger charge is -2.10. The molecule has 0 aliphatic heterocycles. The molecule has 3 N–H and O–H groups in total. The van der Waals surface area contributed by atoms with E-state index in [4.69, 9.17) is 0 Å². The van der Waals surface area contributed by atoms with Crippen LogP contribution in [0, 0.1) is 0 Å². The number of aromatic amines is 1. The van der Waals surface area contributed by atoms with Gasteiger partial charge in [0.1, 0.15) is 0 Å². The van der Waals surface area contributed by atoms with E-state index in [9.17, 15) is 28.0 Å². The lowest BCUT2D eigenvalue weighted by Crippen LogP contribution is -2.33. The number of nitrogens with zero attached hydrogens (tertiary/aromatic N) is 1. The van der Waals surface area contributed by atoms with E-state index in [0.717, 1.165) is 0 Å². The van der Waals surface area contributed by atoms with Gasteiger partial charge in [-0.05, 0) is 30.3 Å². The highest BCUT2D eigenvalue weighted by Crippen LogP contribution is 2.27. The van der Waals surface area contributed by atoms with Crippen molar-refractivity contribution < 1.29 is 18.4 Å². The summed E-state index contributed by atoms with van der Waals surface area (Å²) in [4.78, 5) is 36.6. The number of para-hydroxylation sites is 1. The molecule has 3 aromatic rings. The Morgan fingerprint density at radius 1 is 1.15 bits per heavy atom. The zero-order valence-electron chi connectivity index (χ0n) is 13.4. The zero-order chi connectivity index (χ0) is 19.1. The van der Waals surface area contributed by atoms with Crippen LogP contribution in [0.3, 0.4) is 0 Å². The highest BCUT2D eigenvalue weighted by atomic mass is 32.2. The summed E-state index contributed by atoms with van der Waals surface area (Å²) in [6.45, 7) is 1.29. The Kier molecular flexibility index (Phi) is 4.12. The van der Waals surface area contributed by atoms with E-state index in [1.54, 1.807) is 0 Å². The smallest absolute Gasteiger partial charge is 0.362 e. The normalized spacial score (nSPS) is 11.4. The summed E-state index contributed by atoms with van der Waals surface area (Å²) in [6.07, 6.45) is 0. The van der Waals surface area contributed by atoms with Gasteiger partial charge in [0.05, 0.1) is 20.7 Å². The third-order valence-electron chi connectivity index (χ3n) is 3.63. The maximum atomic E-state index is 13.0. The molecule has 0 fully saturated rings. The number of carbonyl (C=O) groups is 1. The Hall–Kier alpha value is -3.40. The molecule has 0 radical (unpaired) electrons. The number of aromatic nitrogens is 2. The van der Waals surface area contributed by atoms with E-state index in [-0.39, 0.29) is 37.0 Å². The van der Waals surface area contributed by atoms with Crippen molar-refractivity contribution in [2.75, 3.05) is 5.32 Å². The van der Waals surface area contributed by atoms with Gasteiger partial charge in [-0.3, -0.25) is 9.59 Å². The first-order valence-corrected chi connectivity index (χ1v) is 8.80. The van der Waals surface area contributed by atoms with Gasteiger partial charge < -0.3 is 15.5 Å². The van der Waals surface area contributed by atoms with E-state index in [1.165, 1.54) is 49.4 Å². The van der Waals surface area contributed by atoms with Crippen LogP contribution in [-0.4, -0.2) is 29.2 Å². The molecule has 1 aromatic heterocycles. The van der Waals surface area contributed by atoms with Crippen molar-refractivity contribution in [1.29, 1.82) is 0 Å². The van der Waals surface area contributed by atoms with Crippen LogP contribution in [0.4, 0.5) is 5.69 Å². The number of rotatable bonds is 3. The maximum absolute atomic E-state index is 13.0. The van der Waals surface area contributed by atoms with Gasteiger partial charge in [-0.25, -0.2) is 13.2 Å². The molecule has 0 saturated heterocycles. The minimum Gasteiger partial charge on any atom is -0.421 e. The summed E-state index contributed by atoms with van der Waals surface area (Å²) >= 11 is 0. The Balaban J connectivity index is 2.28. The number of anilines is 1. The summed E-state index contributed by atoms with van der Waals surface area (Å²) in [5.41, 5.74) is -2.12. The van der Waals surface area contributed by atoms with Crippen molar-refractivity contribution in [3.8, 4) is 0 Å².